The Morgan fingerprint density at radius 3 is 2.82 bits per heavy atom. The molecule has 2 aromatic rings. The minimum Gasteiger partial charge on any atom is -0.337 e. The van der Waals surface area contributed by atoms with E-state index in [1.54, 1.807) is 29.1 Å². The molecule has 0 bridgehead atoms. The van der Waals surface area contributed by atoms with Crippen LogP contribution in [0.4, 0.5) is 0 Å². The molecule has 4 nitrogen and oxygen atoms in total. The summed E-state index contributed by atoms with van der Waals surface area (Å²) < 4.78 is 1.64. The van der Waals surface area contributed by atoms with Crippen LogP contribution in [-0.2, 0) is 0 Å². The van der Waals surface area contributed by atoms with E-state index in [1.807, 2.05) is 11.0 Å². The average molecular weight is 338 g/mol. The summed E-state index contributed by atoms with van der Waals surface area (Å²) in [5, 5.41) is 5.33. The molecule has 0 N–H and O–H groups in total. The Hall–Kier alpha value is -1.52. The third kappa shape index (κ3) is 2.99. The molecule has 1 aromatic heterocycles. The molecular formula is C16H17Cl2N3O. The molecule has 1 saturated heterocycles. The maximum absolute atomic E-state index is 12.5. The first-order valence-corrected chi connectivity index (χ1v) is 8.14. The largest absolute Gasteiger partial charge is 0.337 e. The molecule has 1 aliphatic heterocycles. The Kier molecular flexibility index (Phi) is 4.41. The Morgan fingerprint density at radius 2 is 2.14 bits per heavy atom. The number of benzene rings is 1. The van der Waals surface area contributed by atoms with Gasteiger partial charge in [0.2, 0.25) is 0 Å². The normalized spacial score (nSPS) is 18.0. The zero-order chi connectivity index (χ0) is 15.7. The van der Waals surface area contributed by atoms with Crippen molar-refractivity contribution in [2.75, 3.05) is 13.1 Å². The maximum atomic E-state index is 12.5. The number of carbonyl (C=O) groups is 1. The Balaban J connectivity index is 1.78. The van der Waals surface area contributed by atoms with Crippen LogP contribution >= 0.6 is 23.2 Å². The standard InChI is InChI=1S/C16H17Cl2N3O/c1-2-11-5-7-20(10-11)16(22)15-6-8-21(19-15)12-3-4-13(17)14(18)9-12/h3-4,6,8-9,11H,2,5,7,10H2,1H3. The van der Waals surface area contributed by atoms with Crippen LogP contribution < -0.4 is 0 Å². The lowest BCUT2D eigenvalue weighted by Crippen LogP contribution is -2.29. The fourth-order valence-corrected chi connectivity index (χ4v) is 3.01. The lowest BCUT2D eigenvalue weighted by Gasteiger charge is -2.14. The van der Waals surface area contributed by atoms with Gasteiger partial charge in [0.1, 0.15) is 0 Å². The van der Waals surface area contributed by atoms with Crippen LogP contribution in [0, 0.1) is 5.92 Å². The van der Waals surface area contributed by atoms with E-state index in [9.17, 15) is 4.79 Å². The first kappa shape index (κ1) is 15.4. The third-order valence-corrected chi connectivity index (χ3v) is 4.87. The van der Waals surface area contributed by atoms with E-state index in [4.69, 9.17) is 23.2 Å². The van der Waals surface area contributed by atoms with Crippen molar-refractivity contribution in [1.29, 1.82) is 0 Å². The van der Waals surface area contributed by atoms with Gasteiger partial charge in [-0.2, -0.15) is 5.10 Å². The molecule has 1 unspecified atom stereocenters. The number of halogens is 2. The van der Waals surface area contributed by atoms with Crippen LogP contribution in [0.1, 0.15) is 30.3 Å². The SMILES string of the molecule is CCC1CCN(C(=O)c2ccn(-c3ccc(Cl)c(Cl)c3)n2)C1. The number of amides is 1. The van der Waals surface area contributed by atoms with Gasteiger partial charge >= 0.3 is 0 Å². The highest BCUT2D eigenvalue weighted by Gasteiger charge is 2.27. The molecule has 1 aromatic carbocycles. The Labute approximate surface area is 139 Å². The second-order valence-electron chi connectivity index (χ2n) is 5.56. The molecule has 0 spiro atoms. The minimum atomic E-state index is -0.00485. The van der Waals surface area contributed by atoms with E-state index < -0.39 is 0 Å². The maximum Gasteiger partial charge on any atom is 0.274 e. The summed E-state index contributed by atoms with van der Waals surface area (Å²) in [6.07, 6.45) is 3.96. The van der Waals surface area contributed by atoms with Gasteiger partial charge in [0.15, 0.2) is 5.69 Å². The topological polar surface area (TPSA) is 38.1 Å². The third-order valence-electron chi connectivity index (χ3n) is 4.13. The molecule has 1 atom stereocenters. The van der Waals surface area contributed by atoms with E-state index in [1.165, 1.54) is 0 Å². The predicted octanol–water partition coefficient (Wildman–Crippen LogP) is 4.05. The molecule has 1 fully saturated rings. The van der Waals surface area contributed by atoms with Crippen molar-refractivity contribution in [3.8, 4) is 5.69 Å². The molecule has 2 heterocycles. The lowest BCUT2D eigenvalue weighted by molar-refractivity contribution is 0.0780. The Morgan fingerprint density at radius 1 is 1.32 bits per heavy atom. The highest BCUT2D eigenvalue weighted by atomic mass is 35.5. The van der Waals surface area contributed by atoms with Gasteiger partial charge < -0.3 is 4.90 Å². The molecule has 1 amide bonds. The summed E-state index contributed by atoms with van der Waals surface area (Å²) in [4.78, 5) is 14.4. The van der Waals surface area contributed by atoms with Crippen LogP contribution in [0.3, 0.4) is 0 Å². The zero-order valence-corrected chi connectivity index (χ0v) is 13.8. The van der Waals surface area contributed by atoms with E-state index in [0.29, 0.717) is 21.7 Å². The van der Waals surface area contributed by atoms with Crippen molar-refractivity contribution in [3.05, 3.63) is 46.2 Å². The summed E-state index contributed by atoms with van der Waals surface area (Å²) in [5.74, 6) is 0.607. The highest BCUT2D eigenvalue weighted by Crippen LogP contribution is 2.25. The van der Waals surface area contributed by atoms with Crippen molar-refractivity contribution in [1.82, 2.24) is 14.7 Å². The number of hydrogen-bond donors (Lipinski definition) is 0. The van der Waals surface area contributed by atoms with Gasteiger partial charge in [-0.25, -0.2) is 4.68 Å². The molecule has 0 radical (unpaired) electrons. The Bertz CT molecular complexity index is 698. The first-order chi connectivity index (χ1) is 10.6. The van der Waals surface area contributed by atoms with Gasteiger partial charge in [0, 0.05) is 19.3 Å². The number of nitrogens with zero attached hydrogens (tertiary/aromatic N) is 3. The number of carbonyl (C=O) groups excluding carboxylic acids is 1. The van der Waals surface area contributed by atoms with Gasteiger partial charge in [-0.15, -0.1) is 0 Å². The average Bonchev–Trinajstić information content (AvgIpc) is 3.18. The van der Waals surface area contributed by atoms with Crippen LogP contribution in [-0.4, -0.2) is 33.7 Å². The number of aromatic nitrogens is 2. The summed E-state index contributed by atoms with van der Waals surface area (Å²) in [7, 11) is 0. The molecule has 22 heavy (non-hydrogen) atoms. The minimum absolute atomic E-state index is 0.00485. The van der Waals surface area contributed by atoms with Crippen LogP contribution in [0.15, 0.2) is 30.5 Å². The fourth-order valence-electron chi connectivity index (χ4n) is 2.72. The van der Waals surface area contributed by atoms with E-state index in [2.05, 4.69) is 12.0 Å². The molecule has 3 rings (SSSR count). The van der Waals surface area contributed by atoms with Crippen molar-refractivity contribution >= 4 is 29.1 Å². The molecule has 1 aliphatic rings. The molecule has 116 valence electrons. The fraction of sp³-hybridized carbons (Fsp3) is 0.375. The van der Waals surface area contributed by atoms with Crippen molar-refractivity contribution in [3.63, 3.8) is 0 Å². The lowest BCUT2D eigenvalue weighted by atomic mass is 10.1. The van der Waals surface area contributed by atoms with Crippen LogP contribution in [0.2, 0.25) is 10.0 Å². The monoisotopic (exact) mass is 337 g/mol. The second-order valence-corrected chi connectivity index (χ2v) is 6.37. The molecule has 0 saturated carbocycles. The highest BCUT2D eigenvalue weighted by molar-refractivity contribution is 6.42. The second kappa shape index (κ2) is 6.31. The van der Waals surface area contributed by atoms with Crippen LogP contribution in [0.5, 0.6) is 0 Å². The smallest absolute Gasteiger partial charge is 0.274 e. The van der Waals surface area contributed by atoms with Crippen molar-refractivity contribution in [2.24, 2.45) is 5.92 Å². The zero-order valence-electron chi connectivity index (χ0n) is 12.3. The van der Waals surface area contributed by atoms with E-state index in [0.717, 1.165) is 31.6 Å². The van der Waals surface area contributed by atoms with Crippen molar-refractivity contribution < 1.29 is 4.79 Å². The summed E-state index contributed by atoms with van der Waals surface area (Å²) in [6.45, 7) is 3.81. The van der Waals surface area contributed by atoms with E-state index >= 15 is 0 Å². The first-order valence-electron chi connectivity index (χ1n) is 7.39. The summed E-state index contributed by atoms with van der Waals surface area (Å²) in [5.41, 5.74) is 1.24. The number of likely N-dealkylation sites (tertiary alicyclic amines) is 1. The predicted molar refractivity (Wildman–Crippen MR) is 87.9 cm³/mol. The quantitative estimate of drug-likeness (QED) is 0.847. The number of rotatable bonds is 3. The van der Waals surface area contributed by atoms with Gasteiger partial charge in [0.25, 0.3) is 5.91 Å². The van der Waals surface area contributed by atoms with Crippen LogP contribution in [0.25, 0.3) is 5.69 Å². The van der Waals surface area contributed by atoms with Gasteiger partial charge in [-0.3, -0.25) is 4.79 Å². The summed E-state index contributed by atoms with van der Waals surface area (Å²) >= 11 is 11.9. The van der Waals surface area contributed by atoms with Gasteiger partial charge in [-0.05, 0) is 36.6 Å². The molecule has 6 heteroatoms. The van der Waals surface area contributed by atoms with Gasteiger partial charge in [0.05, 0.1) is 15.7 Å². The molecule has 0 aliphatic carbocycles. The van der Waals surface area contributed by atoms with Gasteiger partial charge in [-0.1, -0.05) is 36.5 Å². The number of hydrogen-bond acceptors (Lipinski definition) is 2. The van der Waals surface area contributed by atoms with Crippen molar-refractivity contribution in [2.45, 2.75) is 19.8 Å². The van der Waals surface area contributed by atoms with E-state index in [-0.39, 0.29) is 5.91 Å². The summed E-state index contributed by atoms with van der Waals surface area (Å²) in [6, 6.07) is 7.01. The molecular weight excluding hydrogens is 321 g/mol.